The van der Waals surface area contributed by atoms with Crippen LogP contribution in [0.5, 0.6) is 5.75 Å². The maximum Gasteiger partial charge on any atom is 0.335 e. The number of carbonyl (C=O) groups is 1. The van der Waals surface area contributed by atoms with Crippen LogP contribution < -0.4 is 4.74 Å². The van der Waals surface area contributed by atoms with Gasteiger partial charge in [-0.3, -0.25) is 4.98 Å². The van der Waals surface area contributed by atoms with E-state index >= 15 is 0 Å². The fourth-order valence-corrected chi connectivity index (χ4v) is 3.23. The molecule has 4 nitrogen and oxygen atoms in total. The van der Waals surface area contributed by atoms with Crippen LogP contribution in [0.2, 0.25) is 0 Å². The number of benzene rings is 2. The maximum absolute atomic E-state index is 14.3. The van der Waals surface area contributed by atoms with Gasteiger partial charge in [0.05, 0.1) is 18.4 Å². The van der Waals surface area contributed by atoms with Gasteiger partial charge in [-0.1, -0.05) is 26.0 Å². The molecule has 0 bridgehead atoms. The van der Waals surface area contributed by atoms with Gasteiger partial charge in [0.2, 0.25) is 0 Å². The summed E-state index contributed by atoms with van der Waals surface area (Å²) >= 11 is 0. The summed E-state index contributed by atoms with van der Waals surface area (Å²) in [4.78, 5) is 15.6. The van der Waals surface area contributed by atoms with E-state index in [9.17, 15) is 13.6 Å². The van der Waals surface area contributed by atoms with Gasteiger partial charge in [-0.2, -0.15) is 0 Å². The van der Waals surface area contributed by atoms with Crippen LogP contribution in [0.15, 0.2) is 48.7 Å². The van der Waals surface area contributed by atoms with Gasteiger partial charge in [0.15, 0.2) is 17.4 Å². The molecule has 0 spiro atoms. The van der Waals surface area contributed by atoms with Gasteiger partial charge in [0, 0.05) is 17.3 Å². The Hall–Kier alpha value is -3.28. The molecular weight excluding hydrogens is 376 g/mol. The Labute approximate surface area is 167 Å². The number of carboxylic acid groups (broad SMARTS) is 1. The highest BCUT2D eigenvalue weighted by atomic mass is 19.1. The smallest absolute Gasteiger partial charge is 0.335 e. The van der Waals surface area contributed by atoms with E-state index in [1.807, 2.05) is 6.07 Å². The zero-order chi connectivity index (χ0) is 21.1. The number of hydrogen-bond donors (Lipinski definition) is 1. The molecule has 0 aliphatic rings. The number of ether oxygens (including phenoxy) is 1. The number of carboxylic acids is 1. The second-order valence-electron chi connectivity index (χ2n) is 7.19. The highest BCUT2D eigenvalue weighted by Crippen LogP contribution is 2.35. The molecule has 0 radical (unpaired) electrons. The summed E-state index contributed by atoms with van der Waals surface area (Å²) in [6.07, 6.45) is 2.49. The predicted octanol–water partition coefficient (Wildman–Crippen LogP) is 5.60. The van der Waals surface area contributed by atoms with E-state index in [2.05, 4.69) is 18.8 Å². The summed E-state index contributed by atoms with van der Waals surface area (Å²) in [7, 11) is 1.20. The maximum atomic E-state index is 14.3. The van der Waals surface area contributed by atoms with Gasteiger partial charge in [-0.15, -0.1) is 0 Å². The standard InChI is InChI=1S/C23H21F2NO3/c1-13(2)8-14-9-18(15-4-6-16(7-5-15)23(27)28)21(26-12-14)17-10-19(24)22(29-3)20(25)11-17/h4-7,9-13H,8H2,1-3H3,(H,27,28). The summed E-state index contributed by atoms with van der Waals surface area (Å²) in [5, 5.41) is 9.13. The predicted molar refractivity (Wildman–Crippen MR) is 107 cm³/mol. The quantitative estimate of drug-likeness (QED) is 0.588. The van der Waals surface area contributed by atoms with Crippen LogP contribution >= 0.6 is 0 Å². The van der Waals surface area contributed by atoms with Gasteiger partial charge >= 0.3 is 5.97 Å². The molecule has 0 atom stereocenters. The van der Waals surface area contributed by atoms with Crippen LogP contribution in [0.3, 0.4) is 0 Å². The third kappa shape index (κ3) is 4.42. The van der Waals surface area contributed by atoms with Gasteiger partial charge in [0.25, 0.3) is 0 Å². The SMILES string of the molecule is COc1c(F)cc(-c2ncc(CC(C)C)cc2-c2ccc(C(=O)O)cc2)cc1F. The number of pyridine rings is 1. The molecule has 0 unspecified atom stereocenters. The van der Waals surface area contributed by atoms with E-state index in [1.165, 1.54) is 31.4 Å². The van der Waals surface area contributed by atoms with Crippen molar-refractivity contribution < 1.29 is 23.4 Å². The monoisotopic (exact) mass is 397 g/mol. The summed E-state index contributed by atoms with van der Waals surface area (Å²) in [5.41, 5.74) is 3.19. The fraction of sp³-hybridized carbons (Fsp3) is 0.217. The third-order valence-electron chi connectivity index (χ3n) is 4.51. The Bertz CT molecular complexity index is 1020. The molecule has 2 aromatic carbocycles. The summed E-state index contributed by atoms with van der Waals surface area (Å²) in [5.74, 6) is -2.70. The zero-order valence-corrected chi connectivity index (χ0v) is 16.4. The Balaban J connectivity index is 2.18. The number of nitrogens with zero attached hydrogens (tertiary/aromatic N) is 1. The van der Waals surface area contributed by atoms with Crippen molar-refractivity contribution in [3.63, 3.8) is 0 Å². The number of hydrogen-bond acceptors (Lipinski definition) is 3. The van der Waals surface area contributed by atoms with Crippen molar-refractivity contribution in [2.24, 2.45) is 5.92 Å². The van der Waals surface area contributed by atoms with Crippen LogP contribution in [-0.2, 0) is 6.42 Å². The molecule has 3 rings (SSSR count). The third-order valence-corrected chi connectivity index (χ3v) is 4.51. The number of rotatable bonds is 6. The Morgan fingerprint density at radius 1 is 1.07 bits per heavy atom. The molecule has 0 aliphatic heterocycles. The molecule has 1 heterocycles. The lowest BCUT2D eigenvalue weighted by Crippen LogP contribution is -2.00. The molecule has 0 saturated heterocycles. The van der Waals surface area contributed by atoms with Gasteiger partial charge in [0.1, 0.15) is 0 Å². The molecular formula is C23H21F2NO3. The van der Waals surface area contributed by atoms with E-state index < -0.39 is 23.4 Å². The van der Waals surface area contributed by atoms with E-state index in [-0.39, 0.29) is 11.1 Å². The van der Waals surface area contributed by atoms with Crippen molar-refractivity contribution in [3.05, 3.63) is 71.4 Å². The number of halogens is 2. The second kappa shape index (κ2) is 8.39. The number of methoxy groups -OCH3 is 1. The lowest BCUT2D eigenvalue weighted by Gasteiger charge is -2.14. The molecule has 0 amide bonds. The van der Waals surface area contributed by atoms with Crippen LogP contribution in [0.25, 0.3) is 22.4 Å². The Kier molecular flexibility index (Phi) is 5.92. The Morgan fingerprint density at radius 2 is 1.69 bits per heavy atom. The van der Waals surface area contributed by atoms with Gasteiger partial charge < -0.3 is 9.84 Å². The van der Waals surface area contributed by atoms with Crippen LogP contribution in [-0.4, -0.2) is 23.2 Å². The summed E-state index contributed by atoms with van der Waals surface area (Å²) in [6, 6.07) is 10.6. The molecule has 3 aromatic rings. The Morgan fingerprint density at radius 3 is 2.21 bits per heavy atom. The topological polar surface area (TPSA) is 59.4 Å². The molecule has 1 aromatic heterocycles. The summed E-state index contributed by atoms with van der Waals surface area (Å²) in [6.45, 7) is 4.17. The van der Waals surface area contributed by atoms with Crippen molar-refractivity contribution in [3.8, 4) is 28.1 Å². The van der Waals surface area contributed by atoms with Crippen molar-refractivity contribution in [2.75, 3.05) is 7.11 Å². The number of aromatic carboxylic acids is 1. The second-order valence-corrected chi connectivity index (χ2v) is 7.19. The molecule has 1 N–H and O–H groups in total. The normalized spacial score (nSPS) is 11.0. The minimum absolute atomic E-state index is 0.156. The fourth-order valence-electron chi connectivity index (χ4n) is 3.23. The minimum atomic E-state index is -1.03. The molecule has 150 valence electrons. The summed E-state index contributed by atoms with van der Waals surface area (Å²) < 4.78 is 33.3. The first kappa shape index (κ1) is 20.5. The average Bonchev–Trinajstić information content (AvgIpc) is 2.67. The van der Waals surface area contributed by atoms with Gasteiger partial charge in [-0.05, 0) is 53.8 Å². The van der Waals surface area contributed by atoms with E-state index in [0.29, 0.717) is 22.7 Å². The van der Waals surface area contributed by atoms with E-state index in [1.54, 1.807) is 18.3 Å². The average molecular weight is 397 g/mol. The lowest BCUT2D eigenvalue weighted by atomic mass is 9.94. The first-order valence-electron chi connectivity index (χ1n) is 9.16. The molecule has 6 heteroatoms. The first-order valence-corrected chi connectivity index (χ1v) is 9.16. The molecule has 29 heavy (non-hydrogen) atoms. The first-order chi connectivity index (χ1) is 13.8. The minimum Gasteiger partial charge on any atom is -0.491 e. The van der Waals surface area contributed by atoms with Crippen LogP contribution in [0.1, 0.15) is 29.8 Å². The number of aromatic nitrogens is 1. The highest BCUT2D eigenvalue weighted by molar-refractivity contribution is 5.89. The van der Waals surface area contributed by atoms with E-state index in [0.717, 1.165) is 12.0 Å². The van der Waals surface area contributed by atoms with Crippen LogP contribution in [0.4, 0.5) is 8.78 Å². The lowest BCUT2D eigenvalue weighted by molar-refractivity contribution is 0.0697. The van der Waals surface area contributed by atoms with Crippen molar-refractivity contribution in [1.82, 2.24) is 4.98 Å². The van der Waals surface area contributed by atoms with Crippen molar-refractivity contribution >= 4 is 5.97 Å². The van der Waals surface area contributed by atoms with Crippen molar-refractivity contribution in [1.29, 1.82) is 0 Å². The van der Waals surface area contributed by atoms with E-state index in [4.69, 9.17) is 9.84 Å². The molecule has 0 fully saturated rings. The van der Waals surface area contributed by atoms with Crippen LogP contribution in [0, 0.1) is 17.6 Å². The van der Waals surface area contributed by atoms with Gasteiger partial charge in [-0.25, -0.2) is 13.6 Å². The largest absolute Gasteiger partial charge is 0.491 e. The highest BCUT2D eigenvalue weighted by Gasteiger charge is 2.17. The van der Waals surface area contributed by atoms with Crippen molar-refractivity contribution in [2.45, 2.75) is 20.3 Å². The zero-order valence-electron chi connectivity index (χ0n) is 16.4. The molecule has 0 saturated carbocycles. The molecule has 0 aliphatic carbocycles.